The van der Waals surface area contributed by atoms with E-state index in [1.54, 1.807) is 25.1 Å². The van der Waals surface area contributed by atoms with E-state index in [0.717, 1.165) is 35.5 Å². The summed E-state index contributed by atoms with van der Waals surface area (Å²) in [7, 11) is 0. The number of aromatic hydroxyl groups is 1. The van der Waals surface area contributed by atoms with E-state index in [-0.39, 0.29) is 22.2 Å². The van der Waals surface area contributed by atoms with Crippen LogP contribution in [0.2, 0.25) is 0 Å². The molecule has 2 heterocycles. The number of ether oxygens (including phenoxy) is 1. The van der Waals surface area contributed by atoms with Crippen molar-refractivity contribution in [1.29, 1.82) is 0 Å². The highest BCUT2D eigenvalue weighted by atomic mass is 32.2. The average Bonchev–Trinajstić information content (AvgIpc) is 3.51. The average molecular weight is 619 g/mol. The van der Waals surface area contributed by atoms with Crippen LogP contribution in [0.3, 0.4) is 0 Å². The molecule has 0 aliphatic rings. The minimum Gasteiger partial charge on any atom is -0.507 e. The molecular formula is C35H38O6S2. The molecule has 0 radical (unpaired) electrons. The SMILES string of the molecule is CCCc1c(OCCCC/C=C\C=C\C(Sc2ccc3c(=O)cc(C)oc3c2)C(O)c2cccs2)ccc(C(C)=O)c1O. The number of allylic oxidation sites excluding steroid dienone is 3. The highest BCUT2D eigenvalue weighted by Crippen LogP contribution is 2.36. The Morgan fingerprint density at radius 2 is 1.98 bits per heavy atom. The summed E-state index contributed by atoms with van der Waals surface area (Å²) in [6.45, 7) is 5.76. The topological polar surface area (TPSA) is 97.0 Å². The molecule has 0 amide bonds. The summed E-state index contributed by atoms with van der Waals surface area (Å²) in [5.74, 6) is 1.07. The van der Waals surface area contributed by atoms with Crippen LogP contribution < -0.4 is 10.2 Å². The lowest BCUT2D eigenvalue weighted by Crippen LogP contribution is -2.11. The largest absolute Gasteiger partial charge is 0.507 e. The summed E-state index contributed by atoms with van der Waals surface area (Å²) in [5, 5.41) is 23.9. The third-order valence-electron chi connectivity index (χ3n) is 6.93. The smallest absolute Gasteiger partial charge is 0.192 e. The van der Waals surface area contributed by atoms with Gasteiger partial charge in [-0.25, -0.2) is 0 Å². The van der Waals surface area contributed by atoms with E-state index in [4.69, 9.17) is 9.15 Å². The number of fused-ring (bicyclic) bond motifs is 1. The second-order valence-electron chi connectivity index (χ2n) is 10.3. The Labute approximate surface area is 260 Å². The molecule has 0 saturated heterocycles. The number of hydrogen-bond donors (Lipinski definition) is 2. The summed E-state index contributed by atoms with van der Waals surface area (Å²) in [6.07, 6.45) is 11.5. The van der Waals surface area contributed by atoms with Gasteiger partial charge in [0.2, 0.25) is 0 Å². The molecule has 2 unspecified atom stereocenters. The number of carbonyl (C=O) groups excluding carboxylic acids is 1. The number of rotatable bonds is 15. The van der Waals surface area contributed by atoms with Gasteiger partial charge in [-0.2, -0.15) is 0 Å². The Bertz CT molecular complexity index is 1630. The lowest BCUT2D eigenvalue weighted by atomic mass is 10.0. The van der Waals surface area contributed by atoms with Crippen molar-refractivity contribution in [3.8, 4) is 11.5 Å². The Morgan fingerprint density at radius 1 is 1.14 bits per heavy atom. The number of phenols is 1. The van der Waals surface area contributed by atoms with Gasteiger partial charge in [-0.3, -0.25) is 9.59 Å². The molecule has 43 heavy (non-hydrogen) atoms. The molecule has 0 aliphatic carbocycles. The maximum atomic E-state index is 12.3. The molecule has 2 N–H and O–H groups in total. The van der Waals surface area contributed by atoms with Gasteiger partial charge < -0.3 is 19.4 Å². The molecule has 4 aromatic rings. The Balaban J connectivity index is 1.32. The minimum atomic E-state index is -0.687. The van der Waals surface area contributed by atoms with Gasteiger partial charge in [-0.15, -0.1) is 23.1 Å². The number of aliphatic hydroxyl groups excluding tert-OH is 1. The Kier molecular flexibility index (Phi) is 11.8. The first-order chi connectivity index (χ1) is 20.8. The predicted molar refractivity (Wildman–Crippen MR) is 176 cm³/mol. The third kappa shape index (κ3) is 8.72. The van der Waals surface area contributed by atoms with Crippen molar-refractivity contribution in [2.75, 3.05) is 6.61 Å². The van der Waals surface area contributed by atoms with Crippen LogP contribution in [-0.4, -0.2) is 27.9 Å². The van der Waals surface area contributed by atoms with Crippen LogP contribution in [0.4, 0.5) is 0 Å². The molecule has 0 saturated carbocycles. The Morgan fingerprint density at radius 3 is 2.72 bits per heavy atom. The number of Topliss-reactive ketones (excluding diaryl/α,β-unsaturated/α-hetero) is 1. The van der Waals surface area contributed by atoms with Crippen LogP contribution in [0.15, 0.2) is 92.3 Å². The molecule has 0 fully saturated rings. The van der Waals surface area contributed by atoms with Crippen molar-refractivity contribution < 1.29 is 24.2 Å². The number of phenolic OH excluding ortho intramolecular Hbond substituents is 1. The first-order valence-electron chi connectivity index (χ1n) is 14.5. The fourth-order valence-corrected chi connectivity index (χ4v) is 6.66. The summed E-state index contributed by atoms with van der Waals surface area (Å²) in [5.41, 5.74) is 1.50. The molecule has 6 nitrogen and oxygen atoms in total. The third-order valence-corrected chi connectivity index (χ3v) is 9.09. The summed E-state index contributed by atoms with van der Waals surface area (Å²) >= 11 is 3.04. The minimum absolute atomic E-state index is 0.0320. The van der Waals surface area contributed by atoms with Gasteiger partial charge in [0.15, 0.2) is 11.2 Å². The van der Waals surface area contributed by atoms with E-state index in [1.807, 2.05) is 54.8 Å². The maximum Gasteiger partial charge on any atom is 0.192 e. The highest BCUT2D eigenvalue weighted by Gasteiger charge is 2.21. The summed E-state index contributed by atoms with van der Waals surface area (Å²) < 4.78 is 11.7. The molecule has 2 atom stereocenters. The van der Waals surface area contributed by atoms with Gasteiger partial charge in [-0.1, -0.05) is 43.7 Å². The Hall–Kier alpha value is -3.59. The van der Waals surface area contributed by atoms with E-state index in [0.29, 0.717) is 46.6 Å². The first kappa shape index (κ1) is 32.3. The normalized spacial score (nSPS) is 13.2. The van der Waals surface area contributed by atoms with Crippen molar-refractivity contribution in [2.24, 2.45) is 0 Å². The van der Waals surface area contributed by atoms with Crippen LogP contribution in [0.5, 0.6) is 11.5 Å². The standard InChI is InChI=1S/C35H38O6S2/c1-4-12-28-30(18-17-26(24(3)36)34(28)38)40-19-10-8-6-5-7-9-13-33(35(39)32-14-11-20-42-32)43-25-15-16-27-29(37)21-23(2)41-31(27)22-25/h5,7,9,11,13-18,20-22,33,35,38-39H,4,6,8,10,12,19H2,1-3H3/b7-5-,13-9+. The van der Waals surface area contributed by atoms with Gasteiger partial charge in [-0.05, 0) is 81.3 Å². The molecule has 8 heteroatoms. The van der Waals surface area contributed by atoms with Crippen LogP contribution in [-0.2, 0) is 6.42 Å². The number of aliphatic hydroxyl groups is 1. The van der Waals surface area contributed by atoms with E-state index in [1.165, 1.54) is 36.1 Å². The number of hydrogen-bond acceptors (Lipinski definition) is 8. The number of thioether (sulfide) groups is 1. The molecule has 0 bridgehead atoms. The zero-order chi connectivity index (χ0) is 30.8. The quantitative estimate of drug-likeness (QED) is 0.0596. The summed E-state index contributed by atoms with van der Waals surface area (Å²) in [4.78, 5) is 25.8. The molecule has 2 aromatic carbocycles. The van der Waals surface area contributed by atoms with E-state index < -0.39 is 6.10 Å². The fraction of sp³-hybridized carbons (Fsp3) is 0.314. The van der Waals surface area contributed by atoms with E-state index in [9.17, 15) is 19.8 Å². The van der Waals surface area contributed by atoms with Crippen LogP contribution in [0.1, 0.15) is 72.2 Å². The van der Waals surface area contributed by atoms with Crippen LogP contribution in [0, 0.1) is 6.92 Å². The molecule has 0 spiro atoms. The number of benzene rings is 2. The van der Waals surface area contributed by atoms with Crippen LogP contribution >= 0.6 is 23.1 Å². The molecule has 0 aliphatic heterocycles. The van der Waals surface area contributed by atoms with Gasteiger partial charge >= 0.3 is 0 Å². The number of carbonyl (C=O) groups is 1. The second-order valence-corrected chi connectivity index (χ2v) is 12.6. The molecular weight excluding hydrogens is 581 g/mol. The highest BCUT2D eigenvalue weighted by molar-refractivity contribution is 8.00. The maximum absolute atomic E-state index is 12.3. The monoisotopic (exact) mass is 618 g/mol. The molecule has 4 rings (SSSR count). The lowest BCUT2D eigenvalue weighted by molar-refractivity contribution is 0.101. The summed E-state index contributed by atoms with van der Waals surface area (Å²) in [6, 6.07) is 14.3. The van der Waals surface area contributed by atoms with E-state index >= 15 is 0 Å². The molecule has 226 valence electrons. The zero-order valence-corrected chi connectivity index (χ0v) is 26.4. The van der Waals surface area contributed by atoms with Gasteiger partial charge in [0.05, 0.1) is 22.8 Å². The number of aryl methyl sites for hydroxylation is 1. The number of thiophene rings is 1. The van der Waals surface area contributed by atoms with Crippen molar-refractivity contribution in [3.05, 3.63) is 110 Å². The number of ketones is 1. The number of unbranched alkanes of at least 4 members (excludes halogenated alkanes) is 2. The first-order valence-corrected chi connectivity index (χ1v) is 16.3. The lowest BCUT2D eigenvalue weighted by Gasteiger charge is -2.18. The fourth-order valence-electron chi connectivity index (χ4n) is 4.74. The second kappa shape index (κ2) is 15.8. The van der Waals surface area contributed by atoms with Gasteiger partial charge in [0.25, 0.3) is 0 Å². The molecule has 2 aromatic heterocycles. The van der Waals surface area contributed by atoms with Gasteiger partial charge in [0, 0.05) is 21.4 Å². The van der Waals surface area contributed by atoms with Crippen molar-refractivity contribution in [2.45, 2.75) is 69.1 Å². The zero-order valence-electron chi connectivity index (χ0n) is 24.7. The predicted octanol–water partition coefficient (Wildman–Crippen LogP) is 8.58. The van der Waals surface area contributed by atoms with Crippen molar-refractivity contribution >= 4 is 39.9 Å². The van der Waals surface area contributed by atoms with Crippen molar-refractivity contribution in [3.63, 3.8) is 0 Å². The van der Waals surface area contributed by atoms with Crippen molar-refractivity contribution in [1.82, 2.24) is 0 Å². The van der Waals surface area contributed by atoms with Gasteiger partial charge in [0.1, 0.15) is 28.9 Å². The van der Waals surface area contributed by atoms with E-state index in [2.05, 4.69) is 6.08 Å². The van der Waals surface area contributed by atoms with Crippen LogP contribution in [0.25, 0.3) is 11.0 Å².